The van der Waals surface area contributed by atoms with Gasteiger partial charge in [-0.1, -0.05) is 0 Å². The fourth-order valence-electron chi connectivity index (χ4n) is 0.411. The fourth-order valence-corrected chi connectivity index (χ4v) is 0.411. The third kappa shape index (κ3) is 0.501. The maximum absolute atomic E-state index is 10.3. The molecule has 1 rings (SSSR count). The van der Waals surface area contributed by atoms with Crippen LogP contribution in [0.3, 0.4) is 0 Å². The molecule has 0 aromatic heterocycles. The lowest BCUT2D eigenvalue weighted by Gasteiger charge is -1.81. The molecule has 0 aromatic rings. The molecule has 0 saturated heterocycles. The van der Waals surface area contributed by atoms with Gasteiger partial charge in [0.15, 0.2) is 0 Å². The molecule has 0 fully saturated rings. The van der Waals surface area contributed by atoms with Gasteiger partial charge in [0.2, 0.25) is 0 Å². The van der Waals surface area contributed by atoms with Crippen molar-refractivity contribution in [2.45, 2.75) is 6.92 Å². The monoisotopic (exact) mass is 111 g/mol. The van der Waals surface area contributed by atoms with Gasteiger partial charge in [0.05, 0.1) is 5.71 Å². The van der Waals surface area contributed by atoms with Crippen LogP contribution in [0.1, 0.15) is 6.92 Å². The van der Waals surface area contributed by atoms with E-state index < -0.39 is 5.91 Å². The van der Waals surface area contributed by atoms with Crippen LogP contribution >= 0.6 is 0 Å². The van der Waals surface area contributed by atoms with E-state index in [0.717, 1.165) is 0 Å². The molecule has 8 heavy (non-hydrogen) atoms. The van der Waals surface area contributed by atoms with Gasteiger partial charge in [-0.25, -0.2) is 5.43 Å². The quantitative estimate of drug-likeness (QED) is 0.435. The first-order chi connectivity index (χ1) is 3.72. The van der Waals surface area contributed by atoms with Crippen LogP contribution in [0.15, 0.2) is 5.10 Å². The molecule has 0 saturated carbocycles. The largest absolute Gasteiger partial charge is 0.294 e. The van der Waals surface area contributed by atoms with Crippen LogP contribution in [0.25, 0.3) is 0 Å². The summed E-state index contributed by atoms with van der Waals surface area (Å²) in [4.78, 5) is 10.3. The minimum absolute atomic E-state index is 0.0370. The van der Waals surface area contributed by atoms with Crippen LogP contribution < -0.4 is 5.43 Å². The zero-order valence-corrected chi connectivity index (χ0v) is 4.36. The molecule has 0 aromatic carbocycles. The number of nitrogens with one attached hydrogen (secondary N) is 2. The van der Waals surface area contributed by atoms with Crippen LogP contribution in [0.5, 0.6) is 0 Å². The van der Waals surface area contributed by atoms with Gasteiger partial charge < -0.3 is 0 Å². The van der Waals surface area contributed by atoms with Gasteiger partial charge in [-0.05, 0) is 6.92 Å². The highest BCUT2D eigenvalue weighted by Gasteiger charge is 2.17. The molecule has 1 heterocycles. The number of amides is 1. The van der Waals surface area contributed by atoms with E-state index in [1.165, 1.54) is 0 Å². The van der Waals surface area contributed by atoms with Gasteiger partial charge in [0, 0.05) is 0 Å². The molecule has 1 aliphatic rings. The van der Waals surface area contributed by atoms with Crippen molar-refractivity contribution < 1.29 is 4.79 Å². The number of rotatable bonds is 0. The first kappa shape index (κ1) is 4.96. The van der Waals surface area contributed by atoms with E-state index in [-0.39, 0.29) is 5.71 Å². The SMILES string of the molecule is CC1=NNC(=O)C1=N. The molecule has 2 N–H and O–H groups in total. The molecule has 0 aliphatic carbocycles. The summed E-state index contributed by atoms with van der Waals surface area (Å²) in [6.45, 7) is 1.61. The number of hydrogen-bond acceptors (Lipinski definition) is 3. The molecule has 42 valence electrons. The lowest BCUT2D eigenvalue weighted by atomic mass is 10.3. The molecule has 0 unspecified atom stereocenters. The number of hydrazone groups is 1. The lowest BCUT2D eigenvalue weighted by molar-refractivity contribution is -0.114. The van der Waals surface area contributed by atoms with Crippen molar-refractivity contribution in [3.63, 3.8) is 0 Å². The maximum Gasteiger partial charge on any atom is 0.291 e. The predicted molar refractivity (Wildman–Crippen MR) is 29.0 cm³/mol. The van der Waals surface area contributed by atoms with Crippen molar-refractivity contribution >= 4 is 17.3 Å². The zero-order chi connectivity index (χ0) is 6.15. The van der Waals surface area contributed by atoms with Crippen LogP contribution in [-0.4, -0.2) is 17.3 Å². The van der Waals surface area contributed by atoms with E-state index in [1.54, 1.807) is 6.92 Å². The molecule has 0 spiro atoms. The number of carbonyl (C=O) groups excluding carboxylic acids is 1. The minimum Gasteiger partial charge on any atom is -0.294 e. The van der Waals surface area contributed by atoms with Gasteiger partial charge >= 0.3 is 0 Å². The first-order valence-corrected chi connectivity index (χ1v) is 2.15. The Morgan fingerprint density at radius 2 is 2.38 bits per heavy atom. The maximum atomic E-state index is 10.3. The molecule has 0 atom stereocenters. The summed E-state index contributed by atoms with van der Waals surface area (Å²) in [5, 5.41) is 10.4. The Morgan fingerprint density at radius 3 is 2.50 bits per heavy atom. The summed E-state index contributed by atoms with van der Waals surface area (Å²) in [5.74, 6) is -0.414. The van der Waals surface area contributed by atoms with Crippen LogP contribution in [0.2, 0.25) is 0 Å². The van der Waals surface area contributed by atoms with E-state index in [4.69, 9.17) is 5.41 Å². The average molecular weight is 111 g/mol. The molecule has 0 bridgehead atoms. The Labute approximate surface area is 46.1 Å². The summed E-state index contributed by atoms with van der Waals surface area (Å²) in [5.41, 5.74) is 2.56. The third-order valence-corrected chi connectivity index (χ3v) is 0.914. The fraction of sp³-hybridized carbons (Fsp3) is 0.250. The van der Waals surface area contributed by atoms with Gasteiger partial charge in [-0.3, -0.25) is 10.2 Å². The number of nitrogens with zero attached hydrogens (tertiary/aromatic N) is 1. The third-order valence-electron chi connectivity index (χ3n) is 0.914. The van der Waals surface area contributed by atoms with Crippen molar-refractivity contribution in [3.8, 4) is 0 Å². The van der Waals surface area contributed by atoms with Gasteiger partial charge in [-0.15, -0.1) is 0 Å². The summed E-state index contributed by atoms with van der Waals surface area (Å²) < 4.78 is 0. The summed E-state index contributed by atoms with van der Waals surface area (Å²) in [6.07, 6.45) is 0. The van der Waals surface area contributed by atoms with E-state index >= 15 is 0 Å². The topological polar surface area (TPSA) is 65.3 Å². The number of hydrogen-bond donors (Lipinski definition) is 2. The van der Waals surface area contributed by atoms with E-state index in [2.05, 4.69) is 10.5 Å². The Bertz CT molecular complexity index is 182. The Balaban J connectivity index is 2.89. The molecule has 0 radical (unpaired) electrons. The Morgan fingerprint density at radius 1 is 1.75 bits per heavy atom. The molecular weight excluding hydrogens is 106 g/mol. The van der Waals surface area contributed by atoms with Crippen molar-refractivity contribution in [2.24, 2.45) is 5.10 Å². The summed E-state index contributed by atoms with van der Waals surface area (Å²) in [7, 11) is 0. The lowest BCUT2D eigenvalue weighted by Crippen LogP contribution is -2.20. The smallest absolute Gasteiger partial charge is 0.291 e. The molecule has 4 heteroatoms. The second-order valence-electron chi connectivity index (χ2n) is 1.51. The van der Waals surface area contributed by atoms with Crippen LogP contribution in [-0.2, 0) is 4.79 Å². The molecule has 1 aliphatic heterocycles. The highest BCUT2D eigenvalue weighted by Crippen LogP contribution is 1.87. The normalized spacial score (nSPS) is 18.4. The molecule has 4 nitrogen and oxygen atoms in total. The molecule has 1 amide bonds. The zero-order valence-electron chi connectivity index (χ0n) is 4.36. The second kappa shape index (κ2) is 1.40. The number of carbonyl (C=O) groups is 1. The average Bonchev–Trinajstić information content (AvgIpc) is 1.98. The second-order valence-corrected chi connectivity index (χ2v) is 1.51. The standard InChI is InChI=1S/C4H5N3O/c1-2-3(5)4(8)7-6-2/h1H3,(H2,5,7,8). The van der Waals surface area contributed by atoms with E-state index in [1.807, 2.05) is 0 Å². The van der Waals surface area contributed by atoms with Crippen LogP contribution in [0.4, 0.5) is 0 Å². The predicted octanol–water partition coefficient (Wildman–Crippen LogP) is -0.488. The summed E-state index contributed by atoms with van der Waals surface area (Å²) in [6, 6.07) is 0. The highest BCUT2D eigenvalue weighted by molar-refractivity contribution is 6.67. The Kier molecular flexibility index (Phi) is 0.865. The minimum atomic E-state index is -0.414. The van der Waals surface area contributed by atoms with E-state index in [9.17, 15) is 4.79 Å². The Hall–Kier alpha value is -1.19. The van der Waals surface area contributed by atoms with Crippen molar-refractivity contribution in [1.82, 2.24) is 5.43 Å². The first-order valence-electron chi connectivity index (χ1n) is 2.15. The van der Waals surface area contributed by atoms with Crippen molar-refractivity contribution in [1.29, 1.82) is 5.41 Å². The van der Waals surface area contributed by atoms with Gasteiger partial charge in [0.1, 0.15) is 5.71 Å². The van der Waals surface area contributed by atoms with Gasteiger partial charge in [-0.2, -0.15) is 5.10 Å². The van der Waals surface area contributed by atoms with Crippen molar-refractivity contribution in [2.75, 3.05) is 0 Å². The highest BCUT2D eigenvalue weighted by atomic mass is 16.2. The molecular formula is C4H5N3O. The van der Waals surface area contributed by atoms with Crippen molar-refractivity contribution in [3.05, 3.63) is 0 Å². The van der Waals surface area contributed by atoms with Gasteiger partial charge in [0.25, 0.3) is 5.91 Å². The van der Waals surface area contributed by atoms with E-state index in [0.29, 0.717) is 5.71 Å². The van der Waals surface area contributed by atoms with Crippen LogP contribution in [0, 0.1) is 5.41 Å². The summed E-state index contributed by atoms with van der Waals surface area (Å²) >= 11 is 0.